The molecular formula is C3H9N2O5P. The molecule has 5 N–H and O–H groups in total. The molecular weight excluding hydrogens is 175 g/mol. The molecule has 1 fully saturated rings. The van der Waals surface area contributed by atoms with E-state index in [1.165, 1.54) is 0 Å². The van der Waals surface area contributed by atoms with E-state index in [-0.39, 0.29) is 6.61 Å². The monoisotopic (exact) mass is 184 g/mol. The molecule has 1 aliphatic heterocycles. The van der Waals surface area contributed by atoms with Gasteiger partial charge in [-0.15, -0.1) is 0 Å². The molecule has 0 saturated carbocycles. The molecule has 1 heterocycles. The number of phosphoric acid groups is 1. The predicted molar refractivity (Wildman–Crippen MR) is 34.0 cm³/mol. The van der Waals surface area contributed by atoms with Crippen LogP contribution in [0.15, 0.2) is 0 Å². The lowest BCUT2D eigenvalue weighted by molar-refractivity contribution is 0.0218. The van der Waals surface area contributed by atoms with Crippen LogP contribution in [-0.4, -0.2) is 28.7 Å². The molecule has 8 heteroatoms. The van der Waals surface area contributed by atoms with E-state index in [4.69, 9.17) is 15.5 Å². The highest BCUT2D eigenvalue weighted by molar-refractivity contribution is 7.46. The van der Waals surface area contributed by atoms with Crippen molar-refractivity contribution in [2.45, 2.75) is 12.3 Å². The van der Waals surface area contributed by atoms with Gasteiger partial charge < -0.3 is 15.5 Å². The minimum atomic E-state index is -4.47. The lowest BCUT2D eigenvalue weighted by Crippen LogP contribution is -2.38. The van der Waals surface area contributed by atoms with Crippen LogP contribution in [0.5, 0.6) is 0 Å². The molecule has 1 aliphatic rings. The van der Waals surface area contributed by atoms with Crippen LogP contribution in [0.25, 0.3) is 0 Å². The lowest BCUT2D eigenvalue weighted by atomic mass is 10.3. The molecule has 2 atom stereocenters. The fourth-order valence-corrected chi connectivity index (χ4v) is 1.14. The number of hydrogen-bond acceptors (Lipinski definition) is 5. The van der Waals surface area contributed by atoms with E-state index in [0.29, 0.717) is 0 Å². The third-order valence-electron chi connectivity index (χ3n) is 1.12. The Morgan fingerprint density at radius 1 is 1.73 bits per heavy atom. The van der Waals surface area contributed by atoms with Gasteiger partial charge in [0.05, 0.1) is 12.6 Å². The van der Waals surface area contributed by atoms with Crippen molar-refractivity contribution in [1.29, 1.82) is 0 Å². The van der Waals surface area contributed by atoms with Crippen LogP contribution in [0, 0.1) is 0 Å². The van der Waals surface area contributed by atoms with Crippen LogP contribution >= 0.6 is 7.82 Å². The molecule has 7 nitrogen and oxygen atoms in total. The zero-order valence-electron chi connectivity index (χ0n) is 5.51. The Morgan fingerprint density at radius 2 is 2.36 bits per heavy atom. The third-order valence-corrected chi connectivity index (χ3v) is 1.62. The van der Waals surface area contributed by atoms with Crippen molar-refractivity contribution in [3.63, 3.8) is 0 Å². The molecule has 1 rings (SSSR count). The first-order valence-electron chi connectivity index (χ1n) is 2.86. The van der Waals surface area contributed by atoms with Gasteiger partial charge in [0.25, 0.3) is 0 Å². The SMILES string of the molecule is N[C@@H]1CON[C@H]1OP(=O)(O)O. The third kappa shape index (κ3) is 2.84. The van der Waals surface area contributed by atoms with Crippen LogP contribution in [0.2, 0.25) is 0 Å². The van der Waals surface area contributed by atoms with Crippen molar-refractivity contribution in [3.8, 4) is 0 Å². The normalized spacial score (nSPS) is 32.6. The van der Waals surface area contributed by atoms with Gasteiger partial charge >= 0.3 is 7.82 Å². The number of rotatable bonds is 2. The summed E-state index contributed by atoms with van der Waals surface area (Å²) in [5.74, 6) is 0. The highest BCUT2D eigenvalue weighted by Gasteiger charge is 2.31. The zero-order chi connectivity index (χ0) is 8.48. The molecule has 0 aliphatic carbocycles. The summed E-state index contributed by atoms with van der Waals surface area (Å²) in [4.78, 5) is 21.2. The first-order chi connectivity index (χ1) is 4.99. The minimum Gasteiger partial charge on any atom is -0.322 e. The second-order valence-electron chi connectivity index (χ2n) is 2.11. The summed E-state index contributed by atoms with van der Waals surface area (Å²) >= 11 is 0. The number of nitrogens with two attached hydrogens (primary N) is 1. The average Bonchev–Trinajstić information content (AvgIpc) is 2.12. The molecule has 0 aromatic heterocycles. The Bertz CT molecular complexity index is 181. The van der Waals surface area contributed by atoms with Crippen molar-refractivity contribution in [2.75, 3.05) is 6.61 Å². The largest absolute Gasteiger partial charge is 0.471 e. The molecule has 1 saturated heterocycles. The molecule has 11 heavy (non-hydrogen) atoms. The van der Waals surface area contributed by atoms with Crippen molar-refractivity contribution in [3.05, 3.63) is 0 Å². The molecule has 0 radical (unpaired) electrons. The number of hydrogen-bond donors (Lipinski definition) is 4. The highest BCUT2D eigenvalue weighted by Crippen LogP contribution is 2.37. The van der Waals surface area contributed by atoms with Crippen LogP contribution in [0.3, 0.4) is 0 Å². The van der Waals surface area contributed by atoms with E-state index >= 15 is 0 Å². The van der Waals surface area contributed by atoms with Gasteiger partial charge in [0.1, 0.15) is 0 Å². The van der Waals surface area contributed by atoms with Crippen LogP contribution in [0.1, 0.15) is 0 Å². The Kier molecular flexibility index (Phi) is 2.61. The van der Waals surface area contributed by atoms with Gasteiger partial charge in [0, 0.05) is 0 Å². The lowest BCUT2D eigenvalue weighted by Gasteiger charge is -2.13. The van der Waals surface area contributed by atoms with Crippen molar-refractivity contribution >= 4 is 7.82 Å². The summed E-state index contributed by atoms with van der Waals surface area (Å²) in [5, 5.41) is 0. The molecule has 0 unspecified atom stereocenters. The van der Waals surface area contributed by atoms with E-state index < -0.39 is 20.1 Å². The van der Waals surface area contributed by atoms with Crippen LogP contribution in [0.4, 0.5) is 0 Å². The smallest absolute Gasteiger partial charge is 0.322 e. The van der Waals surface area contributed by atoms with Gasteiger partial charge in [-0.05, 0) is 0 Å². The first kappa shape index (κ1) is 9.08. The van der Waals surface area contributed by atoms with E-state index in [1.54, 1.807) is 0 Å². The average molecular weight is 184 g/mol. The van der Waals surface area contributed by atoms with Gasteiger partial charge in [0.15, 0.2) is 6.23 Å². The van der Waals surface area contributed by atoms with E-state index in [0.717, 1.165) is 0 Å². The van der Waals surface area contributed by atoms with Gasteiger partial charge in [-0.3, -0.25) is 9.36 Å². The molecule has 0 spiro atoms. The maximum absolute atomic E-state index is 10.3. The van der Waals surface area contributed by atoms with E-state index in [1.807, 2.05) is 0 Å². The molecule has 0 bridgehead atoms. The Labute approximate surface area is 62.7 Å². The van der Waals surface area contributed by atoms with Crippen molar-refractivity contribution in [1.82, 2.24) is 5.48 Å². The summed E-state index contributed by atoms with van der Waals surface area (Å²) in [6.07, 6.45) is -0.934. The number of phosphoric ester groups is 1. The fraction of sp³-hybridized carbons (Fsp3) is 1.00. The fourth-order valence-electron chi connectivity index (χ4n) is 0.649. The quantitative estimate of drug-likeness (QED) is 0.377. The zero-order valence-corrected chi connectivity index (χ0v) is 6.40. The van der Waals surface area contributed by atoms with Crippen LogP contribution in [-0.2, 0) is 13.9 Å². The standard InChI is InChI=1S/C3H9N2O5P/c4-2-1-9-5-3(2)10-11(6,7)8/h2-3,5H,1,4H2,(H2,6,7,8)/t2-,3+/m1/s1. The molecule has 0 aromatic rings. The van der Waals surface area contributed by atoms with E-state index in [9.17, 15) is 4.57 Å². The summed E-state index contributed by atoms with van der Waals surface area (Å²) in [6.45, 7) is 0.171. The van der Waals surface area contributed by atoms with Gasteiger partial charge in [0.2, 0.25) is 0 Å². The second-order valence-corrected chi connectivity index (χ2v) is 3.30. The predicted octanol–water partition coefficient (Wildman–Crippen LogP) is -1.72. The number of hydroxylamine groups is 1. The molecule has 0 amide bonds. The Hall–Kier alpha value is -0.0100. The minimum absolute atomic E-state index is 0.171. The second kappa shape index (κ2) is 3.16. The number of nitrogens with one attached hydrogen (secondary N) is 1. The Balaban J connectivity index is 2.43. The van der Waals surface area contributed by atoms with Crippen LogP contribution < -0.4 is 11.2 Å². The Morgan fingerprint density at radius 3 is 2.73 bits per heavy atom. The summed E-state index contributed by atoms with van der Waals surface area (Å²) in [5.41, 5.74) is 7.55. The van der Waals surface area contributed by atoms with Gasteiger partial charge in [-0.25, -0.2) is 4.57 Å². The summed E-state index contributed by atoms with van der Waals surface area (Å²) < 4.78 is 14.5. The molecule has 0 aromatic carbocycles. The van der Waals surface area contributed by atoms with Gasteiger partial charge in [-0.1, -0.05) is 0 Å². The van der Waals surface area contributed by atoms with Gasteiger partial charge in [-0.2, -0.15) is 5.48 Å². The van der Waals surface area contributed by atoms with Crippen molar-refractivity contribution in [2.24, 2.45) is 5.73 Å². The summed E-state index contributed by atoms with van der Waals surface area (Å²) in [7, 11) is -4.47. The van der Waals surface area contributed by atoms with E-state index in [2.05, 4.69) is 14.8 Å². The van der Waals surface area contributed by atoms with Crippen molar-refractivity contribution < 1.29 is 23.7 Å². The topological polar surface area (TPSA) is 114 Å². The first-order valence-corrected chi connectivity index (χ1v) is 4.39. The summed E-state index contributed by atoms with van der Waals surface area (Å²) in [6, 6.07) is -0.553. The maximum Gasteiger partial charge on any atom is 0.471 e. The highest BCUT2D eigenvalue weighted by atomic mass is 31.2. The maximum atomic E-state index is 10.3. The molecule has 66 valence electrons.